The number of nitrogens with one attached hydrogen (secondary N) is 1. The molecule has 0 spiro atoms. The van der Waals surface area contributed by atoms with Crippen LogP contribution in [0, 0.1) is 13.8 Å². The normalized spacial score (nSPS) is 21.7. The number of amides is 2. The van der Waals surface area contributed by atoms with Gasteiger partial charge in [0.05, 0.1) is 12.5 Å². The number of likely N-dealkylation sites (N-methyl/N-ethyl adjacent to an activating group) is 1. The van der Waals surface area contributed by atoms with E-state index in [1.165, 1.54) is 16.8 Å². The summed E-state index contributed by atoms with van der Waals surface area (Å²) in [6, 6.07) is 6.19. The van der Waals surface area contributed by atoms with Crippen LogP contribution in [0.25, 0.3) is 0 Å². The molecule has 0 unspecified atom stereocenters. The van der Waals surface area contributed by atoms with Crippen LogP contribution in [0.4, 0.5) is 5.69 Å². The van der Waals surface area contributed by atoms with Crippen molar-refractivity contribution in [1.29, 1.82) is 0 Å². The maximum absolute atomic E-state index is 12.7. The number of hydrogen-bond acceptors (Lipinski definition) is 4. The lowest BCUT2D eigenvalue weighted by Gasteiger charge is -2.39. The van der Waals surface area contributed by atoms with Gasteiger partial charge in [-0.05, 0) is 37.6 Å². The molecule has 0 radical (unpaired) electrons. The first-order chi connectivity index (χ1) is 12.5. The van der Waals surface area contributed by atoms with Gasteiger partial charge in [0.1, 0.15) is 0 Å². The van der Waals surface area contributed by atoms with Crippen molar-refractivity contribution in [2.45, 2.75) is 33.2 Å². The van der Waals surface area contributed by atoms with E-state index in [-0.39, 0.29) is 24.3 Å². The van der Waals surface area contributed by atoms with Gasteiger partial charge in [-0.1, -0.05) is 19.1 Å². The minimum Gasteiger partial charge on any atom is -0.368 e. The molecule has 6 heteroatoms. The lowest BCUT2D eigenvalue weighted by atomic mass is 10.1. The van der Waals surface area contributed by atoms with Gasteiger partial charge in [0.2, 0.25) is 11.8 Å². The van der Waals surface area contributed by atoms with Gasteiger partial charge in [-0.15, -0.1) is 0 Å². The molecule has 1 aromatic rings. The molecule has 1 aromatic carbocycles. The van der Waals surface area contributed by atoms with Crippen molar-refractivity contribution in [3.05, 3.63) is 29.3 Å². The van der Waals surface area contributed by atoms with Gasteiger partial charge in [0.25, 0.3) is 0 Å². The first-order valence-corrected chi connectivity index (χ1v) is 9.61. The van der Waals surface area contributed by atoms with Gasteiger partial charge in [-0.3, -0.25) is 14.5 Å². The zero-order chi connectivity index (χ0) is 18.7. The standard InChI is InChI=1S/C20H30N4O2/c1-4-22-8-7-21-20(26)18(22)14-19(25)24-11-9-23(10-12-24)17-13-15(2)5-6-16(17)3/h5-6,13,18H,4,7-12,14H2,1-3H3,(H,21,26)/t18-/m1/s1. The molecule has 2 aliphatic rings. The molecule has 0 saturated carbocycles. The Labute approximate surface area is 156 Å². The monoisotopic (exact) mass is 358 g/mol. The van der Waals surface area contributed by atoms with Crippen LogP contribution in [0.15, 0.2) is 18.2 Å². The molecular formula is C20H30N4O2. The molecule has 1 N–H and O–H groups in total. The average Bonchev–Trinajstić information content (AvgIpc) is 2.65. The molecule has 0 bridgehead atoms. The van der Waals surface area contributed by atoms with E-state index >= 15 is 0 Å². The van der Waals surface area contributed by atoms with Crippen LogP contribution in [0.3, 0.4) is 0 Å². The molecule has 26 heavy (non-hydrogen) atoms. The average molecular weight is 358 g/mol. The van der Waals surface area contributed by atoms with E-state index in [1.54, 1.807) is 0 Å². The Morgan fingerprint density at radius 2 is 1.88 bits per heavy atom. The molecule has 1 atom stereocenters. The Kier molecular flexibility index (Phi) is 5.81. The van der Waals surface area contributed by atoms with Crippen molar-refractivity contribution < 1.29 is 9.59 Å². The van der Waals surface area contributed by atoms with Crippen LogP contribution in [0.5, 0.6) is 0 Å². The van der Waals surface area contributed by atoms with Crippen LogP contribution in [-0.2, 0) is 9.59 Å². The molecule has 2 fully saturated rings. The van der Waals surface area contributed by atoms with Crippen molar-refractivity contribution in [3.8, 4) is 0 Å². The second-order valence-electron chi connectivity index (χ2n) is 7.30. The number of hydrogen-bond donors (Lipinski definition) is 1. The van der Waals surface area contributed by atoms with E-state index < -0.39 is 0 Å². The maximum Gasteiger partial charge on any atom is 0.237 e. The highest BCUT2D eigenvalue weighted by Gasteiger charge is 2.32. The molecule has 2 amide bonds. The number of nitrogens with zero attached hydrogens (tertiary/aromatic N) is 3. The summed E-state index contributed by atoms with van der Waals surface area (Å²) >= 11 is 0. The van der Waals surface area contributed by atoms with E-state index in [0.717, 1.165) is 26.2 Å². The van der Waals surface area contributed by atoms with Gasteiger partial charge in [-0.25, -0.2) is 0 Å². The Bertz CT molecular complexity index is 668. The van der Waals surface area contributed by atoms with E-state index in [4.69, 9.17) is 0 Å². The van der Waals surface area contributed by atoms with Crippen LogP contribution in [0.1, 0.15) is 24.5 Å². The number of anilines is 1. The summed E-state index contributed by atoms with van der Waals surface area (Å²) in [7, 11) is 0. The van der Waals surface area contributed by atoms with E-state index in [9.17, 15) is 9.59 Å². The zero-order valence-corrected chi connectivity index (χ0v) is 16.1. The molecule has 0 aliphatic carbocycles. The van der Waals surface area contributed by atoms with Crippen LogP contribution < -0.4 is 10.2 Å². The molecule has 2 heterocycles. The predicted octanol–water partition coefficient (Wildman–Crippen LogP) is 1.16. The number of carbonyl (C=O) groups excluding carboxylic acids is 2. The molecular weight excluding hydrogens is 328 g/mol. The van der Waals surface area contributed by atoms with Gasteiger partial charge in [0.15, 0.2) is 0 Å². The maximum atomic E-state index is 12.7. The fourth-order valence-corrected chi connectivity index (χ4v) is 3.91. The fraction of sp³-hybridized carbons (Fsp3) is 0.600. The summed E-state index contributed by atoms with van der Waals surface area (Å²) in [6.07, 6.45) is 0.281. The number of carbonyl (C=O) groups is 2. The van der Waals surface area contributed by atoms with E-state index in [1.807, 2.05) is 11.8 Å². The third-order valence-corrected chi connectivity index (χ3v) is 5.55. The number of aryl methyl sites for hydroxylation is 2. The fourth-order valence-electron chi connectivity index (χ4n) is 3.91. The van der Waals surface area contributed by atoms with Crippen molar-refractivity contribution in [2.75, 3.05) is 50.7 Å². The Hall–Kier alpha value is -2.08. The first-order valence-electron chi connectivity index (χ1n) is 9.61. The van der Waals surface area contributed by atoms with E-state index in [2.05, 4.69) is 47.2 Å². The molecule has 3 rings (SSSR count). The molecule has 6 nitrogen and oxygen atoms in total. The summed E-state index contributed by atoms with van der Waals surface area (Å²) in [5.74, 6) is 0.0755. The number of piperazine rings is 2. The second kappa shape index (κ2) is 8.08. The van der Waals surface area contributed by atoms with E-state index in [0.29, 0.717) is 19.6 Å². The Morgan fingerprint density at radius 1 is 1.15 bits per heavy atom. The zero-order valence-electron chi connectivity index (χ0n) is 16.1. The highest BCUT2D eigenvalue weighted by atomic mass is 16.2. The summed E-state index contributed by atoms with van der Waals surface area (Å²) in [5, 5.41) is 2.89. The molecule has 0 aromatic heterocycles. The van der Waals surface area contributed by atoms with Crippen molar-refractivity contribution in [1.82, 2.24) is 15.1 Å². The SMILES string of the molecule is CCN1CCNC(=O)[C@H]1CC(=O)N1CCN(c2cc(C)ccc2C)CC1. The van der Waals surface area contributed by atoms with Crippen molar-refractivity contribution in [3.63, 3.8) is 0 Å². The van der Waals surface area contributed by atoms with Gasteiger partial charge >= 0.3 is 0 Å². The number of rotatable bonds is 4. The molecule has 2 saturated heterocycles. The Morgan fingerprint density at radius 3 is 2.58 bits per heavy atom. The van der Waals surface area contributed by atoms with Gasteiger partial charge in [-0.2, -0.15) is 0 Å². The summed E-state index contributed by atoms with van der Waals surface area (Å²) < 4.78 is 0. The van der Waals surface area contributed by atoms with Crippen LogP contribution in [0.2, 0.25) is 0 Å². The first kappa shape index (κ1) is 18.7. The lowest BCUT2D eigenvalue weighted by molar-refractivity contribution is -0.139. The second-order valence-corrected chi connectivity index (χ2v) is 7.30. The minimum absolute atomic E-state index is 0.0135. The summed E-state index contributed by atoms with van der Waals surface area (Å²) in [5.41, 5.74) is 3.79. The van der Waals surface area contributed by atoms with Gasteiger partial charge in [0, 0.05) is 45.0 Å². The number of benzene rings is 1. The largest absolute Gasteiger partial charge is 0.368 e. The topological polar surface area (TPSA) is 55.9 Å². The predicted molar refractivity (Wildman–Crippen MR) is 103 cm³/mol. The molecule has 142 valence electrons. The van der Waals surface area contributed by atoms with Crippen LogP contribution in [-0.4, -0.2) is 73.5 Å². The Balaban J connectivity index is 1.58. The highest BCUT2D eigenvalue weighted by molar-refractivity contribution is 5.89. The van der Waals surface area contributed by atoms with Crippen molar-refractivity contribution in [2.24, 2.45) is 0 Å². The lowest BCUT2D eigenvalue weighted by Crippen LogP contribution is -2.57. The summed E-state index contributed by atoms with van der Waals surface area (Å²) in [6.45, 7) is 11.7. The van der Waals surface area contributed by atoms with Crippen LogP contribution >= 0.6 is 0 Å². The molecule has 2 aliphatic heterocycles. The third kappa shape index (κ3) is 4.01. The van der Waals surface area contributed by atoms with Crippen molar-refractivity contribution >= 4 is 17.5 Å². The minimum atomic E-state index is -0.321. The highest BCUT2D eigenvalue weighted by Crippen LogP contribution is 2.23. The van der Waals surface area contributed by atoms with Gasteiger partial charge < -0.3 is 15.1 Å². The quantitative estimate of drug-likeness (QED) is 0.878. The smallest absolute Gasteiger partial charge is 0.237 e. The summed E-state index contributed by atoms with van der Waals surface area (Å²) in [4.78, 5) is 31.3. The third-order valence-electron chi connectivity index (χ3n) is 5.55.